The third kappa shape index (κ3) is 6.34. The van der Waals surface area contributed by atoms with Gasteiger partial charge >= 0.3 is 6.03 Å². The van der Waals surface area contributed by atoms with Crippen LogP contribution in [0.3, 0.4) is 0 Å². The Balaban J connectivity index is 1.50. The number of amides is 2. The fraction of sp³-hybridized carbons (Fsp3) is 0.111. The van der Waals surface area contributed by atoms with Crippen molar-refractivity contribution in [2.24, 2.45) is 0 Å². The molecule has 0 aliphatic carbocycles. The van der Waals surface area contributed by atoms with Crippen LogP contribution in [0.15, 0.2) is 97.1 Å². The van der Waals surface area contributed by atoms with Crippen molar-refractivity contribution in [1.29, 1.82) is 0 Å². The number of carbonyl (C=O) groups is 1. The van der Waals surface area contributed by atoms with Crippen molar-refractivity contribution in [1.82, 2.24) is 4.98 Å². The van der Waals surface area contributed by atoms with Gasteiger partial charge in [-0.25, -0.2) is 9.78 Å². The van der Waals surface area contributed by atoms with E-state index in [1.165, 1.54) is 11.1 Å². The highest BCUT2D eigenvalue weighted by molar-refractivity contribution is 6.30. The molecule has 0 aliphatic heterocycles. The molecule has 0 atom stereocenters. The summed E-state index contributed by atoms with van der Waals surface area (Å²) in [5.74, 6) is 0.851. The number of anilines is 3. The fourth-order valence-electron chi connectivity index (χ4n) is 3.50. The lowest BCUT2D eigenvalue weighted by Gasteiger charge is -2.25. The molecule has 166 valence electrons. The maximum atomic E-state index is 12.4. The van der Waals surface area contributed by atoms with E-state index in [2.05, 4.69) is 39.8 Å². The molecule has 6 heteroatoms. The molecule has 5 nitrogen and oxygen atoms in total. The third-order valence-electron chi connectivity index (χ3n) is 5.18. The molecular formula is C27H25ClN4O. The molecule has 0 fully saturated rings. The Kier molecular flexibility index (Phi) is 7.22. The number of nitrogens with zero attached hydrogens (tertiary/aromatic N) is 2. The van der Waals surface area contributed by atoms with Crippen molar-refractivity contribution < 1.29 is 4.79 Å². The van der Waals surface area contributed by atoms with Crippen molar-refractivity contribution in [2.45, 2.75) is 20.0 Å². The molecule has 0 saturated carbocycles. The Bertz CT molecular complexity index is 1160. The maximum Gasteiger partial charge on any atom is 0.323 e. The summed E-state index contributed by atoms with van der Waals surface area (Å²) < 4.78 is 0. The van der Waals surface area contributed by atoms with Crippen LogP contribution in [-0.4, -0.2) is 11.0 Å². The van der Waals surface area contributed by atoms with Gasteiger partial charge in [-0.3, -0.25) is 0 Å². The van der Waals surface area contributed by atoms with E-state index < -0.39 is 0 Å². The Labute approximate surface area is 199 Å². The number of carbonyl (C=O) groups excluding carboxylic acids is 1. The number of hydrogen-bond acceptors (Lipinski definition) is 3. The number of pyridine rings is 1. The Hall–Kier alpha value is -3.83. The van der Waals surface area contributed by atoms with Crippen LogP contribution in [0.2, 0.25) is 5.02 Å². The average Bonchev–Trinajstić information content (AvgIpc) is 2.83. The molecule has 2 amide bonds. The van der Waals surface area contributed by atoms with E-state index in [1.807, 2.05) is 55.5 Å². The summed E-state index contributed by atoms with van der Waals surface area (Å²) in [5.41, 5.74) is 4.47. The van der Waals surface area contributed by atoms with Gasteiger partial charge in [0, 0.05) is 23.8 Å². The van der Waals surface area contributed by atoms with E-state index >= 15 is 0 Å². The number of halogens is 1. The first kappa shape index (κ1) is 22.4. The molecule has 4 aromatic rings. The van der Waals surface area contributed by atoms with Gasteiger partial charge < -0.3 is 15.5 Å². The van der Waals surface area contributed by atoms with Crippen molar-refractivity contribution in [3.05, 3.63) is 119 Å². The Morgan fingerprint density at radius 2 is 1.36 bits per heavy atom. The zero-order valence-corrected chi connectivity index (χ0v) is 19.1. The lowest BCUT2D eigenvalue weighted by atomic mass is 10.1. The van der Waals surface area contributed by atoms with Crippen LogP contribution in [0, 0.1) is 6.92 Å². The molecule has 0 spiro atoms. The minimum Gasteiger partial charge on any atom is -0.348 e. The van der Waals surface area contributed by atoms with Crippen LogP contribution < -0.4 is 15.5 Å². The second-order valence-corrected chi connectivity index (χ2v) is 8.15. The Morgan fingerprint density at radius 1 is 0.788 bits per heavy atom. The van der Waals surface area contributed by atoms with Crippen LogP contribution in [0.5, 0.6) is 0 Å². The van der Waals surface area contributed by atoms with E-state index in [9.17, 15) is 4.79 Å². The van der Waals surface area contributed by atoms with Gasteiger partial charge in [-0.05, 0) is 54.4 Å². The van der Waals surface area contributed by atoms with Crippen LogP contribution in [0.1, 0.15) is 16.8 Å². The zero-order chi connectivity index (χ0) is 23.0. The van der Waals surface area contributed by atoms with Crippen molar-refractivity contribution in [2.75, 3.05) is 15.5 Å². The molecule has 4 rings (SSSR count). The smallest absolute Gasteiger partial charge is 0.323 e. The Morgan fingerprint density at radius 3 is 1.91 bits per heavy atom. The van der Waals surface area contributed by atoms with Crippen LogP contribution in [0.25, 0.3) is 0 Å². The normalized spacial score (nSPS) is 10.5. The summed E-state index contributed by atoms with van der Waals surface area (Å²) in [6.45, 7) is 3.35. The number of nitrogens with one attached hydrogen (secondary N) is 2. The minimum absolute atomic E-state index is 0.333. The lowest BCUT2D eigenvalue weighted by molar-refractivity contribution is 0.262. The largest absolute Gasteiger partial charge is 0.348 e. The number of urea groups is 1. The SMILES string of the molecule is Cc1nc(N(Cc2ccccc2)Cc2ccccc2)ccc1NC(=O)Nc1ccc(Cl)cc1. The minimum atomic E-state index is -0.333. The number of rotatable bonds is 7. The summed E-state index contributed by atoms with van der Waals surface area (Å²) in [6.07, 6.45) is 0. The average molecular weight is 457 g/mol. The molecular weight excluding hydrogens is 432 g/mol. The van der Waals surface area contributed by atoms with Crippen LogP contribution in [-0.2, 0) is 13.1 Å². The topological polar surface area (TPSA) is 57.3 Å². The second kappa shape index (κ2) is 10.7. The highest BCUT2D eigenvalue weighted by Crippen LogP contribution is 2.23. The van der Waals surface area contributed by atoms with Gasteiger partial charge in [0.15, 0.2) is 0 Å². The van der Waals surface area contributed by atoms with E-state index in [-0.39, 0.29) is 6.03 Å². The van der Waals surface area contributed by atoms with Crippen LogP contribution in [0.4, 0.5) is 22.0 Å². The molecule has 0 radical (unpaired) electrons. The van der Waals surface area contributed by atoms with Gasteiger partial charge in [0.2, 0.25) is 0 Å². The summed E-state index contributed by atoms with van der Waals surface area (Å²) in [4.78, 5) is 19.5. The van der Waals surface area contributed by atoms with Gasteiger partial charge in [-0.2, -0.15) is 0 Å². The first-order valence-electron chi connectivity index (χ1n) is 10.7. The summed E-state index contributed by atoms with van der Waals surface area (Å²) in [7, 11) is 0. The molecule has 0 bridgehead atoms. The highest BCUT2D eigenvalue weighted by Gasteiger charge is 2.13. The number of hydrogen-bond donors (Lipinski definition) is 2. The molecule has 1 heterocycles. The molecule has 3 aromatic carbocycles. The second-order valence-electron chi connectivity index (χ2n) is 7.72. The van der Waals surface area contributed by atoms with Crippen molar-refractivity contribution in [3.63, 3.8) is 0 Å². The van der Waals surface area contributed by atoms with Gasteiger partial charge in [-0.15, -0.1) is 0 Å². The van der Waals surface area contributed by atoms with Gasteiger partial charge in [0.1, 0.15) is 5.82 Å². The van der Waals surface area contributed by atoms with E-state index in [4.69, 9.17) is 16.6 Å². The quantitative estimate of drug-likeness (QED) is 0.318. The predicted molar refractivity (Wildman–Crippen MR) is 136 cm³/mol. The summed E-state index contributed by atoms with van der Waals surface area (Å²) in [5, 5.41) is 6.29. The van der Waals surface area contributed by atoms with Crippen LogP contribution >= 0.6 is 11.6 Å². The van der Waals surface area contributed by atoms with Gasteiger partial charge in [-0.1, -0.05) is 72.3 Å². The first-order chi connectivity index (χ1) is 16.1. The summed E-state index contributed by atoms with van der Waals surface area (Å²) in [6, 6.07) is 31.1. The zero-order valence-electron chi connectivity index (χ0n) is 18.3. The third-order valence-corrected chi connectivity index (χ3v) is 5.43. The molecule has 2 N–H and O–H groups in total. The fourth-order valence-corrected chi connectivity index (χ4v) is 3.63. The first-order valence-corrected chi connectivity index (χ1v) is 11.1. The monoisotopic (exact) mass is 456 g/mol. The van der Waals surface area contributed by atoms with E-state index in [0.717, 1.165) is 24.6 Å². The maximum absolute atomic E-state index is 12.4. The molecule has 0 aliphatic rings. The standard InChI is InChI=1S/C27H25ClN4O/c1-20-25(31-27(33)30-24-14-12-23(28)13-15-24)16-17-26(29-20)32(18-21-8-4-2-5-9-21)19-22-10-6-3-7-11-22/h2-17H,18-19H2,1H3,(H2,30,31,33). The lowest BCUT2D eigenvalue weighted by Crippen LogP contribution is -2.24. The molecule has 1 aromatic heterocycles. The van der Waals surface area contributed by atoms with Crippen molar-refractivity contribution >= 4 is 34.8 Å². The van der Waals surface area contributed by atoms with E-state index in [0.29, 0.717) is 16.4 Å². The highest BCUT2D eigenvalue weighted by atomic mass is 35.5. The molecule has 0 saturated heterocycles. The van der Waals surface area contributed by atoms with Crippen molar-refractivity contribution in [3.8, 4) is 0 Å². The van der Waals surface area contributed by atoms with Gasteiger partial charge in [0.25, 0.3) is 0 Å². The summed E-state index contributed by atoms with van der Waals surface area (Å²) >= 11 is 5.90. The number of aromatic nitrogens is 1. The van der Waals surface area contributed by atoms with Gasteiger partial charge in [0.05, 0.1) is 11.4 Å². The number of aryl methyl sites for hydroxylation is 1. The number of benzene rings is 3. The van der Waals surface area contributed by atoms with E-state index in [1.54, 1.807) is 24.3 Å². The molecule has 33 heavy (non-hydrogen) atoms. The predicted octanol–water partition coefficient (Wildman–Crippen LogP) is 6.89. The molecule has 0 unspecified atom stereocenters.